The van der Waals surface area contributed by atoms with Gasteiger partial charge in [0.2, 0.25) is 5.79 Å². The second-order valence-corrected chi connectivity index (χ2v) is 13.4. The average Bonchev–Trinajstić information content (AvgIpc) is 3.20. The molecule has 5 saturated heterocycles. The molecular weight excluding hydrogens is 456 g/mol. The zero-order valence-electron chi connectivity index (χ0n) is 23.0. The third-order valence-corrected chi connectivity index (χ3v) is 10.6. The van der Waals surface area contributed by atoms with Gasteiger partial charge in [-0.15, -0.1) is 0 Å². The zero-order chi connectivity index (χ0) is 26.0. The van der Waals surface area contributed by atoms with Crippen LogP contribution in [0.25, 0.3) is 0 Å². The molecule has 1 spiro atoms. The number of aliphatic hydroxyl groups is 1. The second kappa shape index (κ2) is 8.93. The van der Waals surface area contributed by atoms with E-state index in [-0.39, 0.29) is 11.4 Å². The van der Waals surface area contributed by atoms with Gasteiger partial charge in [-0.3, -0.25) is 0 Å². The van der Waals surface area contributed by atoms with Crippen LogP contribution >= 0.6 is 0 Å². The number of hydrogen-bond acceptors (Lipinski definition) is 6. The first kappa shape index (κ1) is 26.4. The molecule has 36 heavy (non-hydrogen) atoms. The molecule has 2 bridgehead atoms. The number of carbonyl (C=O) groups is 1. The summed E-state index contributed by atoms with van der Waals surface area (Å²) in [5.74, 6) is -0.816. The SMILES string of the molecule is C=C1CC[C@@H](CCC2CCC3(OC2)O[C@]2(O)CC[C@@]3(C)OC2(C)C)C(C)(C)[C@H]1CC=C1CCOC1=O. The van der Waals surface area contributed by atoms with E-state index in [1.54, 1.807) is 0 Å². The van der Waals surface area contributed by atoms with Gasteiger partial charge in [-0.2, -0.15) is 0 Å². The van der Waals surface area contributed by atoms with Crippen LogP contribution in [0.2, 0.25) is 0 Å². The molecule has 6 aliphatic rings. The topological polar surface area (TPSA) is 74.2 Å². The van der Waals surface area contributed by atoms with Crippen molar-refractivity contribution in [1.29, 1.82) is 0 Å². The molecule has 1 saturated carbocycles. The largest absolute Gasteiger partial charge is 0.462 e. The van der Waals surface area contributed by atoms with E-state index in [1.165, 1.54) is 18.4 Å². The molecule has 0 amide bonds. The number of rotatable bonds is 5. The van der Waals surface area contributed by atoms with E-state index in [0.29, 0.717) is 37.4 Å². The number of hydrogen-bond donors (Lipinski definition) is 1. The highest BCUT2D eigenvalue weighted by atomic mass is 16.8. The molecule has 1 N–H and O–H groups in total. The Morgan fingerprint density at radius 1 is 1.03 bits per heavy atom. The maximum Gasteiger partial charge on any atom is 0.333 e. The van der Waals surface area contributed by atoms with E-state index in [9.17, 15) is 9.90 Å². The van der Waals surface area contributed by atoms with E-state index < -0.39 is 22.8 Å². The summed E-state index contributed by atoms with van der Waals surface area (Å²) in [5, 5.41) is 11.2. The minimum Gasteiger partial charge on any atom is -0.462 e. The van der Waals surface area contributed by atoms with Crippen molar-refractivity contribution in [2.75, 3.05) is 13.2 Å². The predicted molar refractivity (Wildman–Crippen MR) is 137 cm³/mol. The fourth-order valence-electron chi connectivity index (χ4n) is 7.79. The first-order valence-corrected chi connectivity index (χ1v) is 14.1. The van der Waals surface area contributed by atoms with Gasteiger partial charge in [0.15, 0.2) is 5.79 Å². The molecule has 2 unspecified atom stereocenters. The summed E-state index contributed by atoms with van der Waals surface area (Å²) in [6.07, 6.45) is 11.3. The summed E-state index contributed by atoms with van der Waals surface area (Å²) in [6.45, 7) is 16.3. The quantitative estimate of drug-likeness (QED) is 0.290. The lowest BCUT2D eigenvalue weighted by Gasteiger charge is -2.66. The van der Waals surface area contributed by atoms with Gasteiger partial charge in [-0.05, 0) is 88.9 Å². The van der Waals surface area contributed by atoms with Crippen LogP contribution in [-0.4, -0.2) is 47.1 Å². The third kappa shape index (κ3) is 4.20. The van der Waals surface area contributed by atoms with Crippen LogP contribution in [0.4, 0.5) is 0 Å². The van der Waals surface area contributed by atoms with Gasteiger partial charge >= 0.3 is 5.97 Å². The summed E-state index contributed by atoms with van der Waals surface area (Å²) < 4.78 is 24.4. The lowest BCUT2D eigenvalue weighted by atomic mass is 9.58. The average molecular weight is 503 g/mol. The molecule has 6 rings (SSSR count). The lowest BCUT2D eigenvalue weighted by molar-refractivity contribution is -0.522. The van der Waals surface area contributed by atoms with Gasteiger partial charge < -0.3 is 24.1 Å². The molecule has 5 heterocycles. The fourth-order valence-corrected chi connectivity index (χ4v) is 7.79. The van der Waals surface area contributed by atoms with E-state index >= 15 is 0 Å². The van der Waals surface area contributed by atoms with Crippen LogP contribution < -0.4 is 0 Å². The molecule has 0 aromatic rings. The van der Waals surface area contributed by atoms with Crippen LogP contribution in [0.15, 0.2) is 23.8 Å². The third-order valence-electron chi connectivity index (χ3n) is 10.6. The van der Waals surface area contributed by atoms with Crippen LogP contribution in [0.5, 0.6) is 0 Å². The molecule has 1 aliphatic carbocycles. The van der Waals surface area contributed by atoms with Crippen molar-refractivity contribution in [3.63, 3.8) is 0 Å². The fraction of sp³-hybridized carbons (Fsp3) is 0.833. The Labute approximate surface area is 216 Å². The van der Waals surface area contributed by atoms with Crippen molar-refractivity contribution >= 4 is 5.97 Å². The number of cyclic esters (lactones) is 1. The highest BCUT2D eigenvalue weighted by Gasteiger charge is 2.71. The molecule has 0 aromatic carbocycles. The standard InChI is InChI=1S/C30H46O6/c1-20-7-10-23(26(2,3)24(20)12-9-22-14-18-33-25(22)31)11-8-21-13-15-30(34-19-21)28(6)16-17-29(32,36-30)27(4,5)35-28/h9,21,23-24,32H,1,7-8,10-19H2,2-6H3/t21?,23-,24-,28+,29+,30?/m0/s1. The van der Waals surface area contributed by atoms with Crippen molar-refractivity contribution in [1.82, 2.24) is 0 Å². The Morgan fingerprint density at radius 2 is 1.81 bits per heavy atom. The summed E-state index contributed by atoms with van der Waals surface area (Å²) in [7, 11) is 0. The minimum absolute atomic E-state index is 0.132. The number of esters is 1. The van der Waals surface area contributed by atoms with E-state index in [4.69, 9.17) is 18.9 Å². The molecule has 6 atom stereocenters. The van der Waals surface area contributed by atoms with Crippen molar-refractivity contribution in [3.8, 4) is 0 Å². The molecule has 5 aliphatic heterocycles. The molecule has 202 valence electrons. The van der Waals surface area contributed by atoms with Crippen molar-refractivity contribution in [2.45, 2.75) is 122 Å². The Morgan fingerprint density at radius 3 is 2.44 bits per heavy atom. The first-order chi connectivity index (χ1) is 16.8. The number of fused-ring (bicyclic) bond motifs is 2. The number of ether oxygens (including phenoxy) is 4. The smallest absolute Gasteiger partial charge is 0.333 e. The van der Waals surface area contributed by atoms with E-state index in [1.807, 2.05) is 13.8 Å². The Kier molecular flexibility index (Phi) is 6.55. The lowest BCUT2D eigenvalue weighted by Crippen LogP contribution is -2.78. The first-order valence-electron chi connectivity index (χ1n) is 14.1. The maximum atomic E-state index is 11.9. The molecular formula is C30H46O6. The van der Waals surface area contributed by atoms with Gasteiger partial charge in [0.25, 0.3) is 0 Å². The van der Waals surface area contributed by atoms with Crippen LogP contribution in [0.3, 0.4) is 0 Å². The molecule has 6 heteroatoms. The second-order valence-electron chi connectivity index (χ2n) is 13.4. The Balaban J connectivity index is 1.18. The Bertz CT molecular complexity index is 926. The van der Waals surface area contributed by atoms with Crippen LogP contribution in [-0.2, 0) is 23.7 Å². The highest BCUT2D eigenvalue weighted by molar-refractivity contribution is 5.90. The number of allylic oxidation sites excluding steroid dienone is 2. The highest BCUT2D eigenvalue weighted by Crippen LogP contribution is 2.59. The van der Waals surface area contributed by atoms with Gasteiger partial charge in [0, 0.05) is 24.8 Å². The summed E-state index contributed by atoms with van der Waals surface area (Å²) in [6, 6.07) is 0. The van der Waals surface area contributed by atoms with Crippen molar-refractivity contribution in [2.24, 2.45) is 23.2 Å². The monoisotopic (exact) mass is 502 g/mol. The van der Waals surface area contributed by atoms with Crippen molar-refractivity contribution in [3.05, 3.63) is 23.8 Å². The Hall–Kier alpha value is -1.21. The van der Waals surface area contributed by atoms with E-state index in [2.05, 4.69) is 33.4 Å². The summed E-state index contributed by atoms with van der Waals surface area (Å²) in [4.78, 5) is 11.9. The molecule has 0 aromatic heterocycles. The van der Waals surface area contributed by atoms with Crippen molar-refractivity contribution < 1.29 is 28.8 Å². The molecule has 0 radical (unpaired) electrons. The minimum atomic E-state index is -1.30. The maximum absolute atomic E-state index is 11.9. The normalized spacial score (nSPS) is 44.8. The van der Waals surface area contributed by atoms with Crippen LogP contribution in [0, 0.1) is 23.2 Å². The summed E-state index contributed by atoms with van der Waals surface area (Å²) in [5.41, 5.74) is 1.00. The summed E-state index contributed by atoms with van der Waals surface area (Å²) >= 11 is 0. The molecule has 6 fully saturated rings. The van der Waals surface area contributed by atoms with Gasteiger partial charge in [-0.25, -0.2) is 4.79 Å². The van der Waals surface area contributed by atoms with Crippen LogP contribution in [0.1, 0.15) is 98.8 Å². The number of carbonyl (C=O) groups excluding carboxylic acids is 1. The van der Waals surface area contributed by atoms with Gasteiger partial charge in [-0.1, -0.05) is 32.1 Å². The van der Waals surface area contributed by atoms with E-state index in [0.717, 1.165) is 50.5 Å². The van der Waals surface area contributed by atoms with Gasteiger partial charge in [0.05, 0.1) is 13.2 Å². The predicted octanol–water partition coefficient (Wildman–Crippen LogP) is 5.83. The molecule has 6 nitrogen and oxygen atoms in total. The zero-order valence-corrected chi connectivity index (χ0v) is 23.0. The van der Waals surface area contributed by atoms with Gasteiger partial charge in [0.1, 0.15) is 11.2 Å².